The van der Waals surface area contributed by atoms with E-state index < -0.39 is 0 Å². The maximum atomic E-state index is 10.9. The van der Waals surface area contributed by atoms with E-state index in [1.165, 1.54) is 5.56 Å². The molecule has 4 heteroatoms. The van der Waals surface area contributed by atoms with E-state index >= 15 is 0 Å². The molecule has 1 N–H and O–H groups in total. The summed E-state index contributed by atoms with van der Waals surface area (Å²) in [7, 11) is 0. The van der Waals surface area contributed by atoms with Crippen molar-refractivity contribution >= 4 is 17.5 Å². The van der Waals surface area contributed by atoms with E-state index in [1.54, 1.807) is 0 Å². The van der Waals surface area contributed by atoms with Gasteiger partial charge in [0.15, 0.2) is 0 Å². The van der Waals surface area contributed by atoms with Crippen LogP contribution in [0.5, 0.6) is 5.75 Å². The topological polar surface area (TPSA) is 38.3 Å². The molecule has 0 atom stereocenters. The van der Waals surface area contributed by atoms with Crippen LogP contribution in [-0.2, 0) is 11.2 Å². The van der Waals surface area contributed by atoms with Crippen LogP contribution in [0.3, 0.4) is 0 Å². The number of rotatable bonds is 8. The number of amides is 1. The van der Waals surface area contributed by atoms with Crippen molar-refractivity contribution in [2.75, 3.05) is 19.0 Å². The van der Waals surface area contributed by atoms with E-state index in [2.05, 4.69) is 12.2 Å². The third-order valence-corrected chi connectivity index (χ3v) is 2.79. The molecule has 0 unspecified atom stereocenters. The zero-order chi connectivity index (χ0) is 13.2. The van der Waals surface area contributed by atoms with Crippen LogP contribution < -0.4 is 10.1 Å². The van der Waals surface area contributed by atoms with E-state index in [1.807, 2.05) is 24.3 Å². The van der Waals surface area contributed by atoms with Gasteiger partial charge in [0.25, 0.3) is 0 Å². The number of carbonyl (C=O) groups is 1. The molecule has 1 aromatic carbocycles. The van der Waals surface area contributed by atoms with Crippen LogP contribution in [-0.4, -0.2) is 24.9 Å². The van der Waals surface area contributed by atoms with Gasteiger partial charge in [-0.05, 0) is 30.5 Å². The predicted octanol–water partition coefficient (Wildman–Crippen LogP) is 2.76. The standard InChI is InChI=1S/C14H20ClNO2/c1-2-3-10-18-13-6-4-12(5-7-13)8-9-16-14(17)11-15/h4-7H,2-3,8-11H2,1H3,(H,16,17). The summed E-state index contributed by atoms with van der Waals surface area (Å²) in [4.78, 5) is 10.9. The van der Waals surface area contributed by atoms with Crippen LogP contribution in [0.1, 0.15) is 25.3 Å². The van der Waals surface area contributed by atoms with Gasteiger partial charge in [-0.15, -0.1) is 11.6 Å². The number of halogens is 1. The van der Waals surface area contributed by atoms with Crippen LogP contribution in [0.15, 0.2) is 24.3 Å². The van der Waals surface area contributed by atoms with Gasteiger partial charge in [0.2, 0.25) is 5.91 Å². The van der Waals surface area contributed by atoms with Crippen LogP contribution >= 0.6 is 11.6 Å². The average molecular weight is 270 g/mol. The minimum atomic E-state index is -0.129. The lowest BCUT2D eigenvalue weighted by atomic mass is 10.1. The van der Waals surface area contributed by atoms with Crippen molar-refractivity contribution in [1.29, 1.82) is 0 Å². The molecule has 0 radical (unpaired) electrons. The van der Waals surface area contributed by atoms with E-state index in [9.17, 15) is 4.79 Å². The number of nitrogens with one attached hydrogen (secondary N) is 1. The molecule has 1 rings (SSSR count). The lowest BCUT2D eigenvalue weighted by Gasteiger charge is -2.07. The molecule has 0 aliphatic rings. The zero-order valence-corrected chi connectivity index (χ0v) is 11.5. The summed E-state index contributed by atoms with van der Waals surface area (Å²) >= 11 is 5.39. The summed E-state index contributed by atoms with van der Waals surface area (Å²) < 4.78 is 5.57. The maximum absolute atomic E-state index is 10.9. The first-order valence-corrected chi connectivity index (χ1v) is 6.84. The van der Waals surface area contributed by atoms with E-state index in [-0.39, 0.29) is 11.8 Å². The minimum Gasteiger partial charge on any atom is -0.494 e. The Labute approximate surface area is 113 Å². The molecule has 1 amide bonds. The highest BCUT2D eigenvalue weighted by Crippen LogP contribution is 2.12. The Balaban J connectivity index is 2.29. The number of benzene rings is 1. The molecule has 100 valence electrons. The Morgan fingerprint density at radius 3 is 2.67 bits per heavy atom. The fraction of sp³-hybridized carbons (Fsp3) is 0.500. The predicted molar refractivity (Wildman–Crippen MR) is 74.3 cm³/mol. The summed E-state index contributed by atoms with van der Waals surface area (Å²) in [6.45, 7) is 3.52. The van der Waals surface area contributed by atoms with Crippen LogP contribution in [0.2, 0.25) is 0 Å². The second-order valence-electron chi connectivity index (χ2n) is 4.08. The molecule has 1 aromatic rings. The van der Waals surface area contributed by atoms with Crippen molar-refractivity contribution in [1.82, 2.24) is 5.32 Å². The average Bonchev–Trinajstić information content (AvgIpc) is 2.40. The molecule has 0 aliphatic heterocycles. The summed E-state index contributed by atoms with van der Waals surface area (Å²) in [6.07, 6.45) is 3.02. The highest BCUT2D eigenvalue weighted by molar-refractivity contribution is 6.27. The maximum Gasteiger partial charge on any atom is 0.234 e. The summed E-state index contributed by atoms with van der Waals surface area (Å²) in [5, 5.41) is 2.74. The van der Waals surface area contributed by atoms with E-state index in [0.29, 0.717) is 6.54 Å². The first kappa shape index (κ1) is 14.8. The highest BCUT2D eigenvalue weighted by atomic mass is 35.5. The molecular formula is C14H20ClNO2. The number of unbranched alkanes of at least 4 members (excludes halogenated alkanes) is 1. The Kier molecular flexibility index (Phi) is 7.26. The zero-order valence-electron chi connectivity index (χ0n) is 10.7. The van der Waals surface area contributed by atoms with Gasteiger partial charge in [-0.3, -0.25) is 4.79 Å². The van der Waals surface area contributed by atoms with Gasteiger partial charge in [0.05, 0.1) is 6.61 Å². The molecular weight excluding hydrogens is 250 g/mol. The van der Waals surface area contributed by atoms with E-state index in [4.69, 9.17) is 16.3 Å². The van der Waals surface area contributed by atoms with Gasteiger partial charge in [0, 0.05) is 6.54 Å². The fourth-order valence-corrected chi connectivity index (χ4v) is 1.57. The van der Waals surface area contributed by atoms with Crippen LogP contribution in [0, 0.1) is 0 Å². The van der Waals surface area contributed by atoms with Gasteiger partial charge in [-0.1, -0.05) is 25.5 Å². The minimum absolute atomic E-state index is 0.0181. The normalized spacial score (nSPS) is 10.1. The molecule has 0 saturated carbocycles. The Hall–Kier alpha value is -1.22. The van der Waals surface area contributed by atoms with Gasteiger partial charge >= 0.3 is 0 Å². The van der Waals surface area contributed by atoms with Crippen molar-refractivity contribution in [3.8, 4) is 5.75 Å². The third-order valence-electron chi connectivity index (χ3n) is 2.55. The number of alkyl halides is 1. The SMILES string of the molecule is CCCCOc1ccc(CCNC(=O)CCl)cc1. The third kappa shape index (κ3) is 5.92. The summed E-state index contributed by atoms with van der Waals surface area (Å²) in [5.74, 6) is 0.790. The first-order valence-electron chi connectivity index (χ1n) is 6.30. The Morgan fingerprint density at radius 1 is 1.33 bits per heavy atom. The van der Waals surface area contributed by atoms with E-state index in [0.717, 1.165) is 31.6 Å². The monoisotopic (exact) mass is 269 g/mol. The lowest BCUT2D eigenvalue weighted by molar-refractivity contribution is -0.118. The molecule has 18 heavy (non-hydrogen) atoms. The molecule has 0 spiro atoms. The molecule has 3 nitrogen and oxygen atoms in total. The molecule has 0 fully saturated rings. The Bertz CT molecular complexity index is 351. The van der Waals surface area contributed by atoms with Gasteiger partial charge in [0.1, 0.15) is 11.6 Å². The molecule has 0 aromatic heterocycles. The smallest absolute Gasteiger partial charge is 0.234 e. The largest absolute Gasteiger partial charge is 0.494 e. The number of hydrogen-bond acceptors (Lipinski definition) is 2. The molecule has 0 aliphatic carbocycles. The molecule has 0 bridgehead atoms. The van der Waals surface area contributed by atoms with Gasteiger partial charge in [-0.2, -0.15) is 0 Å². The van der Waals surface area contributed by atoms with Crippen molar-refractivity contribution in [2.24, 2.45) is 0 Å². The van der Waals surface area contributed by atoms with Gasteiger partial charge in [-0.25, -0.2) is 0 Å². The fourth-order valence-electron chi connectivity index (χ4n) is 1.48. The quantitative estimate of drug-likeness (QED) is 0.582. The summed E-state index contributed by atoms with van der Waals surface area (Å²) in [5.41, 5.74) is 1.17. The second kappa shape index (κ2) is 8.81. The summed E-state index contributed by atoms with van der Waals surface area (Å²) in [6, 6.07) is 7.98. The Morgan fingerprint density at radius 2 is 2.06 bits per heavy atom. The molecule has 0 heterocycles. The number of carbonyl (C=O) groups excluding carboxylic acids is 1. The number of hydrogen-bond donors (Lipinski definition) is 1. The van der Waals surface area contributed by atoms with Crippen LogP contribution in [0.25, 0.3) is 0 Å². The lowest BCUT2D eigenvalue weighted by Crippen LogP contribution is -2.26. The highest BCUT2D eigenvalue weighted by Gasteiger charge is 1.99. The first-order chi connectivity index (χ1) is 8.76. The van der Waals surface area contributed by atoms with Crippen LogP contribution in [0.4, 0.5) is 0 Å². The van der Waals surface area contributed by atoms with Gasteiger partial charge < -0.3 is 10.1 Å². The van der Waals surface area contributed by atoms with Crippen molar-refractivity contribution < 1.29 is 9.53 Å². The van der Waals surface area contributed by atoms with Crippen molar-refractivity contribution in [3.63, 3.8) is 0 Å². The second-order valence-corrected chi connectivity index (χ2v) is 4.35. The van der Waals surface area contributed by atoms with Crippen molar-refractivity contribution in [2.45, 2.75) is 26.2 Å². The molecule has 0 saturated heterocycles. The van der Waals surface area contributed by atoms with Crippen molar-refractivity contribution in [3.05, 3.63) is 29.8 Å². The number of ether oxygens (including phenoxy) is 1.